The second kappa shape index (κ2) is 5.89. The van der Waals surface area contributed by atoms with E-state index in [2.05, 4.69) is 55.5 Å². The molecule has 0 radical (unpaired) electrons. The van der Waals surface area contributed by atoms with Crippen LogP contribution in [0.2, 0.25) is 0 Å². The van der Waals surface area contributed by atoms with E-state index in [-0.39, 0.29) is 18.6 Å². The van der Waals surface area contributed by atoms with Crippen molar-refractivity contribution in [2.75, 3.05) is 13.9 Å². The van der Waals surface area contributed by atoms with Gasteiger partial charge in [0.2, 0.25) is 12.6 Å². The minimum Gasteiger partial charge on any atom is -0.462 e. The van der Waals surface area contributed by atoms with Gasteiger partial charge in [-0.25, -0.2) is 0 Å². The summed E-state index contributed by atoms with van der Waals surface area (Å²) in [5, 5.41) is 2.48. The number of fused-ring (bicyclic) bond motifs is 3. The molecule has 0 saturated heterocycles. The highest BCUT2D eigenvalue weighted by molar-refractivity contribution is 5.87. The molecule has 2 heterocycles. The van der Waals surface area contributed by atoms with Crippen molar-refractivity contribution in [2.24, 2.45) is 5.92 Å². The van der Waals surface area contributed by atoms with Crippen LogP contribution in [-0.2, 0) is 4.74 Å². The molecule has 0 N–H and O–H groups in total. The van der Waals surface area contributed by atoms with Crippen LogP contribution >= 0.6 is 0 Å². The molecule has 0 bridgehead atoms. The summed E-state index contributed by atoms with van der Waals surface area (Å²) >= 11 is 0. The Kier molecular flexibility index (Phi) is 3.59. The van der Waals surface area contributed by atoms with E-state index in [1.54, 1.807) is 7.11 Å². The lowest BCUT2D eigenvalue weighted by molar-refractivity contribution is -0.194. The zero-order valence-electron chi connectivity index (χ0n) is 15.7. The zero-order chi connectivity index (χ0) is 18.6. The minimum atomic E-state index is -0.734. The summed E-state index contributed by atoms with van der Waals surface area (Å²) in [6, 6.07) is 19.0. The fourth-order valence-corrected chi connectivity index (χ4v) is 4.34. The first kappa shape index (κ1) is 16.5. The maximum Gasteiger partial charge on any atom is 0.231 e. The van der Waals surface area contributed by atoms with Crippen LogP contribution in [0.5, 0.6) is 17.2 Å². The van der Waals surface area contributed by atoms with Crippen LogP contribution in [0, 0.1) is 5.92 Å². The van der Waals surface area contributed by atoms with Crippen molar-refractivity contribution < 1.29 is 18.9 Å². The number of rotatable bonds is 2. The van der Waals surface area contributed by atoms with Gasteiger partial charge in [-0.15, -0.1) is 0 Å². The Labute approximate surface area is 158 Å². The Hall–Kier alpha value is -2.72. The van der Waals surface area contributed by atoms with Gasteiger partial charge in [-0.1, -0.05) is 49.4 Å². The third-order valence-electron chi connectivity index (χ3n) is 6.04. The summed E-state index contributed by atoms with van der Waals surface area (Å²) in [6.07, 6.45) is 0. The van der Waals surface area contributed by atoms with Crippen LogP contribution in [0.25, 0.3) is 10.8 Å². The fourth-order valence-electron chi connectivity index (χ4n) is 4.34. The topological polar surface area (TPSA) is 36.9 Å². The van der Waals surface area contributed by atoms with E-state index in [0.29, 0.717) is 0 Å². The van der Waals surface area contributed by atoms with Gasteiger partial charge < -0.3 is 18.9 Å². The molecule has 0 aromatic heterocycles. The fraction of sp³-hybridized carbons (Fsp3) is 0.304. The molecule has 27 heavy (non-hydrogen) atoms. The Balaban J connectivity index is 1.77. The van der Waals surface area contributed by atoms with Crippen molar-refractivity contribution in [3.63, 3.8) is 0 Å². The molecule has 3 aromatic carbocycles. The maximum absolute atomic E-state index is 6.31. The Bertz CT molecular complexity index is 1020. The summed E-state index contributed by atoms with van der Waals surface area (Å²) < 4.78 is 23.4. The molecule has 0 amide bonds. The monoisotopic (exact) mass is 362 g/mol. The van der Waals surface area contributed by atoms with Crippen LogP contribution in [-0.4, -0.2) is 19.7 Å². The van der Waals surface area contributed by atoms with E-state index in [1.165, 1.54) is 16.3 Å². The Morgan fingerprint density at radius 2 is 1.67 bits per heavy atom. The molecule has 4 nitrogen and oxygen atoms in total. The SMILES string of the molecule is CO[C@]1(C)Oc2cc3c(cc2[C@H](c2cccc4ccccc24)[C@H]1C)OCO3. The van der Waals surface area contributed by atoms with Gasteiger partial charge in [0.05, 0.1) is 0 Å². The largest absolute Gasteiger partial charge is 0.462 e. The molecule has 0 fully saturated rings. The molecule has 138 valence electrons. The summed E-state index contributed by atoms with van der Waals surface area (Å²) in [5.74, 6) is 1.76. The number of methoxy groups -OCH3 is 1. The van der Waals surface area contributed by atoms with E-state index in [4.69, 9.17) is 18.9 Å². The summed E-state index contributed by atoms with van der Waals surface area (Å²) in [6.45, 7) is 4.43. The van der Waals surface area contributed by atoms with Crippen LogP contribution in [0.1, 0.15) is 30.9 Å². The lowest BCUT2D eigenvalue weighted by Gasteiger charge is -2.44. The van der Waals surface area contributed by atoms with Crippen molar-refractivity contribution in [3.05, 3.63) is 65.7 Å². The number of hydrogen-bond acceptors (Lipinski definition) is 4. The van der Waals surface area contributed by atoms with Gasteiger partial charge in [0.25, 0.3) is 0 Å². The van der Waals surface area contributed by atoms with Gasteiger partial charge in [0.1, 0.15) is 5.75 Å². The second-order valence-electron chi connectivity index (χ2n) is 7.40. The van der Waals surface area contributed by atoms with E-state index < -0.39 is 5.79 Å². The average molecular weight is 362 g/mol. The lowest BCUT2D eigenvalue weighted by Crippen LogP contribution is -2.47. The Morgan fingerprint density at radius 1 is 0.926 bits per heavy atom. The van der Waals surface area contributed by atoms with E-state index >= 15 is 0 Å². The molecule has 0 aliphatic carbocycles. The van der Waals surface area contributed by atoms with E-state index in [0.717, 1.165) is 22.8 Å². The number of hydrogen-bond donors (Lipinski definition) is 0. The highest BCUT2D eigenvalue weighted by Crippen LogP contribution is 2.53. The van der Waals surface area contributed by atoms with E-state index in [9.17, 15) is 0 Å². The molecule has 2 aliphatic heterocycles. The zero-order valence-corrected chi connectivity index (χ0v) is 15.7. The Morgan fingerprint density at radius 3 is 2.48 bits per heavy atom. The van der Waals surface area contributed by atoms with Gasteiger partial charge >= 0.3 is 0 Å². The summed E-state index contributed by atoms with van der Waals surface area (Å²) in [7, 11) is 1.70. The first-order chi connectivity index (χ1) is 13.1. The van der Waals surface area contributed by atoms with Gasteiger partial charge in [0.15, 0.2) is 11.5 Å². The van der Waals surface area contributed by atoms with Crippen molar-refractivity contribution in [1.29, 1.82) is 0 Å². The third kappa shape index (κ3) is 2.40. The molecule has 2 aliphatic rings. The summed E-state index contributed by atoms with van der Waals surface area (Å²) in [4.78, 5) is 0. The van der Waals surface area contributed by atoms with Crippen molar-refractivity contribution >= 4 is 10.8 Å². The van der Waals surface area contributed by atoms with Crippen molar-refractivity contribution in [2.45, 2.75) is 25.6 Å². The highest BCUT2D eigenvalue weighted by atomic mass is 16.7. The maximum atomic E-state index is 6.31. The molecule has 3 aromatic rings. The van der Waals surface area contributed by atoms with Crippen LogP contribution in [0.4, 0.5) is 0 Å². The molecule has 0 unspecified atom stereocenters. The van der Waals surface area contributed by atoms with Crippen molar-refractivity contribution in [1.82, 2.24) is 0 Å². The molecular weight excluding hydrogens is 340 g/mol. The molecule has 4 heteroatoms. The molecule has 0 saturated carbocycles. The lowest BCUT2D eigenvalue weighted by atomic mass is 9.74. The van der Waals surface area contributed by atoms with E-state index in [1.807, 2.05) is 13.0 Å². The van der Waals surface area contributed by atoms with Crippen molar-refractivity contribution in [3.8, 4) is 17.2 Å². The quantitative estimate of drug-likeness (QED) is 0.636. The molecule has 3 atom stereocenters. The van der Waals surface area contributed by atoms with Crippen LogP contribution < -0.4 is 14.2 Å². The van der Waals surface area contributed by atoms with Crippen LogP contribution in [0.3, 0.4) is 0 Å². The third-order valence-corrected chi connectivity index (χ3v) is 6.04. The van der Waals surface area contributed by atoms with Gasteiger partial charge in [0, 0.05) is 37.5 Å². The molecule has 0 spiro atoms. The predicted octanol–water partition coefficient (Wildman–Crippen LogP) is 5.09. The second-order valence-corrected chi connectivity index (χ2v) is 7.40. The predicted molar refractivity (Wildman–Crippen MR) is 104 cm³/mol. The average Bonchev–Trinajstić information content (AvgIpc) is 3.15. The smallest absolute Gasteiger partial charge is 0.231 e. The first-order valence-corrected chi connectivity index (χ1v) is 9.26. The normalized spacial score (nSPS) is 25.9. The highest BCUT2D eigenvalue weighted by Gasteiger charge is 2.46. The molecular formula is C23H22O4. The van der Waals surface area contributed by atoms with Gasteiger partial charge in [-0.3, -0.25) is 0 Å². The standard InChI is InChI=1S/C23H22O4/c1-14-22(17-10-6-8-15-7-4-5-9-16(15)17)18-11-20-21(26-13-25-20)12-19(18)27-23(14,2)24-3/h4-12,14,22H,13H2,1-3H3/t14-,22+,23-/m1/s1. The molecule has 5 rings (SSSR count). The van der Waals surface area contributed by atoms with Gasteiger partial charge in [-0.2, -0.15) is 0 Å². The van der Waals surface area contributed by atoms with Gasteiger partial charge in [-0.05, 0) is 22.4 Å². The number of benzene rings is 3. The summed E-state index contributed by atoms with van der Waals surface area (Å²) in [5.41, 5.74) is 2.38. The minimum absolute atomic E-state index is 0.0983. The first-order valence-electron chi connectivity index (χ1n) is 9.26. The van der Waals surface area contributed by atoms with Crippen LogP contribution in [0.15, 0.2) is 54.6 Å². The number of ether oxygens (including phenoxy) is 4.